The van der Waals surface area contributed by atoms with E-state index in [0.29, 0.717) is 18.4 Å². The molecule has 0 unspecified atom stereocenters. The first-order chi connectivity index (χ1) is 16.1. The molecule has 0 radical (unpaired) electrons. The van der Waals surface area contributed by atoms with Crippen molar-refractivity contribution in [2.45, 2.75) is 49.5 Å². The summed E-state index contributed by atoms with van der Waals surface area (Å²) in [6.45, 7) is 1.44. The zero-order valence-corrected chi connectivity index (χ0v) is 20.8. The van der Waals surface area contributed by atoms with E-state index in [-0.39, 0.29) is 12.0 Å². The SMILES string of the molecule is CO[C@@H]1CCN(C(=O)c2ccc3nc(C[C@H]4CC[C@H](Cc5ncc(SC)cn5)C4)sc3c2)C1. The second-order valence-corrected chi connectivity index (χ2v) is 11.2. The van der Waals surface area contributed by atoms with Crippen molar-refractivity contribution >= 4 is 39.2 Å². The summed E-state index contributed by atoms with van der Waals surface area (Å²) in [6, 6.07) is 5.94. The maximum absolute atomic E-state index is 12.9. The Morgan fingerprint density at radius 2 is 1.97 bits per heavy atom. The number of thiazole rings is 1. The van der Waals surface area contributed by atoms with Gasteiger partial charge in [-0.15, -0.1) is 23.1 Å². The number of nitrogens with zero attached hydrogens (tertiary/aromatic N) is 4. The van der Waals surface area contributed by atoms with Gasteiger partial charge in [-0.25, -0.2) is 15.0 Å². The predicted molar refractivity (Wildman–Crippen MR) is 133 cm³/mol. The molecule has 1 saturated carbocycles. The first-order valence-corrected chi connectivity index (χ1v) is 13.7. The van der Waals surface area contributed by atoms with Crippen LogP contribution in [0.5, 0.6) is 0 Å². The average Bonchev–Trinajstić information content (AvgIpc) is 3.58. The molecular weight excluding hydrogens is 452 g/mol. The Labute approximate surface area is 203 Å². The van der Waals surface area contributed by atoms with Crippen molar-refractivity contribution in [2.24, 2.45) is 11.8 Å². The predicted octanol–water partition coefficient (Wildman–Crippen LogP) is 4.87. The van der Waals surface area contributed by atoms with Gasteiger partial charge in [0.1, 0.15) is 5.82 Å². The lowest BCUT2D eigenvalue weighted by Gasteiger charge is -2.16. The summed E-state index contributed by atoms with van der Waals surface area (Å²) in [5, 5.41) is 1.18. The highest BCUT2D eigenvalue weighted by molar-refractivity contribution is 7.98. The van der Waals surface area contributed by atoms with Crippen LogP contribution in [0.3, 0.4) is 0 Å². The van der Waals surface area contributed by atoms with Crippen molar-refractivity contribution in [2.75, 3.05) is 26.5 Å². The topological polar surface area (TPSA) is 68.2 Å². The molecule has 1 aliphatic heterocycles. The Balaban J connectivity index is 1.19. The molecule has 1 saturated heterocycles. The van der Waals surface area contributed by atoms with Gasteiger partial charge in [-0.1, -0.05) is 0 Å². The second kappa shape index (κ2) is 10.1. The molecule has 2 fully saturated rings. The van der Waals surface area contributed by atoms with Crippen LogP contribution in [-0.2, 0) is 17.6 Å². The van der Waals surface area contributed by atoms with Crippen LogP contribution in [0.25, 0.3) is 10.2 Å². The standard InChI is InChI=1S/C25H30N4O2S2/c1-31-19-7-8-29(15-19)25(30)18-5-6-21-22(12-18)33-24(28-21)11-17-4-3-16(9-17)10-23-26-13-20(32-2)14-27-23/h5-6,12-14,16-17,19H,3-4,7-11,15H2,1-2H3/t16-,17-,19+/m0/s1. The number of carbonyl (C=O) groups excluding carboxylic acids is 1. The lowest BCUT2D eigenvalue weighted by Crippen LogP contribution is -2.29. The Hall–Kier alpha value is -2.03. The van der Waals surface area contributed by atoms with Crippen LogP contribution in [0.15, 0.2) is 35.5 Å². The van der Waals surface area contributed by atoms with Crippen molar-refractivity contribution < 1.29 is 9.53 Å². The van der Waals surface area contributed by atoms with Crippen LogP contribution in [0.2, 0.25) is 0 Å². The molecule has 5 rings (SSSR count). The number of aromatic nitrogens is 3. The fourth-order valence-corrected chi connectivity index (χ4v) is 6.53. The van der Waals surface area contributed by atoms with Crippen LogP contribution >= 0.6 is 23.1 Å². The number of methoxy groups -OCH3 is 1. The molecule has 1 aliphatic carbocycles. The molecule has 0 N–H and O–H groups in total. The van der Waals surface area contributed by atoms with E-state index >= 15 is 0 Å². The van der Waals surface area contributed by atoms with Gasteiger partial charge in [-0.2, -0.15) is 0 Å². The third-order valence-electron chi connectivity index (χ3n) is 6.95. The van der Waals surface area contributed by atoms with Gasteiger partial charge in [0.25, 0.3) is 5.91 Å². The number of hydrogen-bond donors (Lipinski definition) is 0. The van der Waals surface area contributed by atoms with Crippen LogP contribution in [-0.4, -0.2) is 58.3 Å². The van der Waals surface area contributed by atoms with Gasteiger partial charge in [0.2, 0.25) is 0 Å². The minimum atomic E-state index is 0.0952. The monoisotopic (exact) mass is 482 g/mol. The van der Waals surface area contributed by atoms with Gasteiger partial charge in [0.15, 0.2) is 0 Å². The number of likely N-dealkylation sites (tertiary alicyclic amines) is 1. The minimum Gasteiger partial charge on any atom is -0.380 e. The largest absolute Gasteiger partial charge is 0.380 e. The lowest BCUT2D eigenvalue weighted by atomic mass is 9.99. The molecule has 6 nitrogen and oxygen atoms in total. The number of hydrogen-bond acceptors (Lipinski definition) is 7. The molecule has 1 amide bonds. The fraction of sp³-hybridized carbons (Fsp3) is 0.520. The number of rotatable bonds is 7. The van der Waals surface area contributed by atoms with E-state index in [1.54, 1.807) is 30.2 Å². The van der Waals surface area contributed by atoms with Gasteiger partial charge in [-0.3, -0.25) is 4.79 Å². The molecule has 174 valence electrons. The minimum absolute atomic E-state index is 0.0952. The maximum atomic E-state index is 12.9. The Morgan fingerprint density at radius 3 is 2.70 bits per heavy atom. The Kier molecular flexibility index (Phi) is 6.94. The average molecular weight is 483 g/mol. The molecule has 8 heteroatoms. The third-order valence-corrected chi connectivity index (χ3v) is 8.67. The molecule has 0 bridgehead atoms. The second-order valence-electron chi connectivity index (χ2n) is 9.18. The number of amides is 1. The highest BCUT2D eigenvalue weighted by atomic mass is 32.2. The van der Waals surface area contributed by atoms with Crippen LogP contribution in [0.1, 0.15) is 46.9 Å². The van der Waals surface area contributed by atoms with Crippen molar-refractivity contribution in [3.05, 3.63) is 47.0 Å². The number of carbonyl (C=O) groups is 1. The Morgan fingerprint density at radius 1 is 1.18 bits per heavy atom. The molecule has 3 aromatic rings. The van der Waals surface area contributed by atoms with E-state index in [4.69, 9.17) is 9.72 Å². The third kappa shape index (κ3) is 5.23. The van der Waals surface area contributed by atoms with Gasteiger partial charge < -0.3 is 9.64 Å². The highest BCUT2D eigenvalue weighted by Gasteiger charge is 2.28. The van der Waals surface area contributed by atoms with E-state index < -0.39 is 0 Å². The summed E-state index contributed by atoms with van der Waals surface area (Å²) in [6.07, 6.45) is 12.6. The van der Waals surface area contributed by atoms with Crippen molar-refractivity contribution in [1.29, 1.82) is 0 Å². The van der Waals surface area contributed by atoms with Crippen LogP contribution < -0.4 is 0 Å². The fourth-order valence-electron chi connectivity index (χ4n) is 5.09. The normalized spacial score (nSPS) is 23.0. The number of benzene rings is 1. The number of ether oxygens (including phenoxy) is 1. The number of fused-ring (bicyclic) bond motifs is 1. The molecule has 1 aromatic carbocycles. The molecule has 33 heavy (non-hydrogen) atoms. The maximum Gasteiger partial charge on any atom is 0.253 e. The molecule has 3 heterocycles. The molecule has 0 spiro atoms. The van der Waals surface area contributed by atoms with E-state index in [2.05, 4.69) is 9.97 Å². The van der Waals surface area contributed by atoms with E-state index in [1.165, 1.54) is 24.3 Å². The van der Waals surface area contributed by atoms with Gasteiger partial charge in [0, 0.05) is 55.9 Å². The van der Waals surface area contributed by atoms with Gasteiger partial charge in [0.05, 0.1) is 21.3 Å². The summed E-state index contributed by atoms with van der Waals surface area (Å²) in [5.41, 5.74) is 1.75. The van der Waals surface area contributed by atoms with Crippen LogP contribution in [0, 0.1) is 11.8 Å². The summed E-state index contributed by atoms with van der Waals surface area (Å²) < 4.78 is 6.51. The molecular formula is C25H30N4O2S2. The first-order valence-electron chi connectivity index (χ1n) is 11.7. The lowest BCUT2D eigenvalue weighted by molar-refractivity contribution is 0.0724. The first kappa shape index (κ1) is 22.7. The molecule has 2 aliphatic rings. The van der Waals surface area contributed by atoms with Crippen molar-refractivity contribution in [3.63, 3.8) is 0 Å². The summed E-state index contributed by atoms with van der Waals surface area (Å²) in [7, 11) is 1.72. The Bertz CT molecular complexity index is 1120. The van der Waals surface area contributed by atoms with E-state index in [9.17, 15) is 4.79 Å². The smallest absolute Gasteiger partial charge is 0.253 e. The highest BCUT2D eigenvalue weighted by Crippen LogP contribution is 2.36. The quantitative estimate of drug-likeness (QED) is 0.448. The van der Waals surface area contributed by atoms with Crippen molar-refractivity contribution in [1.82, 2.24) is 19.9 Å². The molecule has 3 atom stereocenters. The summed E-state index contributed by atoms with van der Waals surface area (Å²) in [4.78, 5) is 29.8. The zero-order chi connectivity index (χ0) is 22.8. The van der Waals surface area contributed by atoms with Gasteiger partial charge in [-0.05, 0) is 62.0 Å². The van der Waals surface area contributed by atoms with Crippen molar-refractivity contribution in [3.8, 4) is 0 Å². The van der Waals surface area contributed by atoms with Crippen LogP contribution in [0.4, 0.5) is 0 Å². The zero-order valence-electron chi connectivity index (χ0n) is 19.2. The van der Waals surface area contributed by atoms with Gasteiger partial charge >= 0.3 is 0 Å². The molecule has 2 aromatic heterocycles. The summed E-state index contributed by atoms with van der Waals surface area (Å²) >= 11 is 3.42. The van der Waals surface area contributed by atoms with E-state index in [0.717, 1.165) is 52.3 Å². The summed E-state index contributed by atoms with van der Waals surface area (Å²) in [5.74, 6) is 2.38. The van der Waals surface area contributed by atoms with E-state index in [1.807, 2.05) is 41.7 Å². The number of thioether (sulfide) groups is 1.